The number of thiocarbonyl (C=S) groups is 1. The standard InChI is InChI=1S/C68H113N7O25S3/c1-43(78)34-72-62(89)66(7,40-67(8,41-68(9,63(90)73-35-44(2)79)103-59(101)47-14-12-11-13-15-47)61(88)71-19-21-92-28-31-98-58-52(75-46(4)81)56(86)54(84)49(37-77)100-58)39-65(6,38-64(5,42-69)17-16-50(82)96-29-26-94-23-22-93-24-25-95-32-33-102-10)60(87)70-18-20-91-27-30-97-57-51(74-45(3)80)55(85)53(83)48(36-76)99-57/h11-15,43-44,48-49,51-58,76-79,83-86H,16-41H2,1-10H3,(H,70,87)(H,71,88)(H,72,89)(H,73,90)(H,74,80)(H,75,81)/t43?,44?,48-,49-,51-,52-,53-,54-,55-,56-,57-,58-,64?,65?,66?,67?,68?/m1/s1. The molecule has 1 aromatic rings. The van der Waals surface area contributed by atoms with Crippen LogP contribution in [0, 0.1) is 33.0 Å². The van der Waals surface area contributed by atoms with E-state index in [0.29, 0.717) is 25.4 Å². The van der Waals surface area contributed by atoms with Gasteiger partial charge in [-0.15, -0.1) is 0 Å². The van der Waals surface area contributed by atoms with Crippen LogP contribution in [0.1, 0.15) is 106 Å². The van der Waals surface area contributed by atoms with Crippen molar-refractivity contribution in [3.63, 3.8) is 0 Å². The SMILES string of the molecule is CSCCOCCOCCOCCOC(=O)CCC(C)(C#N)CC(C)(CC(C)(CC(C)(CC(C)(SC(=S)c1ccccc1)C(=O)NCC(C)O)C(=O)NCCOCCO[C@@H]1O[C@H](CO)[C@@H](O)[C@H](O)[C@H]1NC(C)=O)C(=O)NCC(C)O)C(=O)NCCOCCO[C@@H]1O[C@H](CO)[C@@H](O)[C@H](O)[C@H]1NC(C)=O. The van der Waals surface area contributed by atoms with Crippen molar-refractivity contribution in [2.75, 3.05) is 137 Å². The first-order valence-corrected chi connectivity index (χ1v) is 37.0. The summed E-state index contributed by atoms with van der Waals surface area (Å²) in [5.41, 5.74) is -6.44. The van der Waals surface area contributed by atoms with Gasteiger partial charge in [-0.2, -0.15) is 17.0 Å². The zero-order valence-corrected chi connectivity index (χ0v) is 63.3. The first-order chi connectivity index (χ1) is 48.7. The maximum absolute atomic E-state index is 15.5. The van der Waals surface area contributed by atoms with Gasteiger partial charge >= 0.3 is 5.97 Å². The number of nitrogens with one attached hydrogen (secondary N) is 6. The maximum atomic E-state index is 15.5. The number of esters is 1. The molecule has 1 aromatic carbocycles. The quantitative estimate of drug-likeness (QED) is 0.0209. The largest absolute Gasteiger partial charge is 0.463 e. The van der Waals surface area contributed by atoms with Gasteiger partial charge in [-0.3, -0.25) is 33.6 Å². The molecule has 0 spiro atoms. The lowest BCUT2D eigenvalue weighted by Gasteiger charge is -2.45. The Balaban J connectivity index is 2.08. The molecule has 0 aromatic heterocycles. The lowest BCUT2D eigenvalue weighted by Crippen LogP contribution is -2.64. The number of thioether (sulfide) groups is 2. The molecule has 3 rings (SSSR count). The van der Waals surface area contributed by atoms with Gasteiger partial charge in [0.25, 0.3) is 0 Å². The second kappa shape index (κ2) is 47.0. The number of aliphatic hydroxyl groups is 8. The Morgan fingerprint density at radius 2 is 0.981 bits per heavy atom. The second-order valence-electron chi connectivity index (χ2n) is 27.1. The molecule has 14 N–H and O–H groups in total. The maximum Gasteiger partial charge on any atom is 0.305 e. The molecule has 35 heteroatoms. The minimum absolute atomic E-state index is 0.0476. The van der Waals surface area contributed by atoms with E-state index >= 15 is 14.4 Å². The topological polar surface area (TPSA) is 470 Å². The molecule has 2 saturated heterocycles. The van der Waals surface area contributed by atoms with E-state index in [4.69, 9.17) is 59.6 Å². The molecule has 0 radical (unpaired) electrons. The van der Waals surface area contributed by atoms with Crippen LogP contribution >= 0.6 is 35.7 Å². The van der Waals surface area contributed by atoms with E-state index in [0.717, 1.165) is 17.5 Å². The molecule has 2 aliphatic heterocycles. The molecular formula is C68H113N7O25S3. The van der Waals surface area contributed by atoms with Gasteiger partial charge in [-0.1, -0.05) is 75.1 Å². The summed E-state index contributed by atoms with van der Waals surface area (Å²) in [4.78, 5) is 98.5. The molecule has 2 aliphatic rings. The van der Waals surface area contributed by atoms with Crippen molar-refractivity contribution in [1.29, 1.82) is 5.26 Å². The number of benzene rings is 1. The van der Waals surface area contributed by atoms with Crippen molar-refractivity contribution in [2.24, 2.45) is 21.7 Å². The number of carbonyl (C=O) groups excluding carboxylic acids is 7. The van der Waals surface area contributed by atoms with Gasteiger partial charge in [0, 0.05) is 68.4 Å². The molecule has 0 saturated carbocycles. The summed E-state index contributed by atoms with van der Waals surface area (Å²) in [7, 11) is 0. The summed E-state index contributed by atoms with van der Waals surface area (Å²) in [6, 6.07) is 8.62. The minimum Gasteiger partial charge on any atom is -0.463 e. The molecule has 6 amide bonds. The Hall–Kier alpha value is -4.89. The summed E-state index contributed by atoms with van der Waals surface area (Å²) in [5.74, 6) is -3.72. The molecule has 17 atom stereocenters. The Morgan fingerprint density at radius 1 is 0.573 bits per heavy atom. The van der Waals surface area contributed by atoms with Gasteiger partial charge in [0.2, 0.25) is 35.4 Å². The van der Waals surface area contributed by atoms with E-state index in [1.165, 1.54) is 48.5 Å². The van der Waals surface area contributed by atoms with Gasteiger partial charge in [0.1, 0.15) is 55.3 Å². The van der Waals surface area contributed by atoms with Gasteiger partial charge in [0.15, 0.2) is 12.6 Å². The number of nitrogens with zero attached hydrogens (tertiary/aromatic N) is 1. The van der Waals surface area contributed by atoms with Gasteiger partial charge in [-0.05, 0) is 71.6 Å². The zero-order valence-electron chi connectivity index (χ0n) is 60.9. The van der Waals surface area contributed by atoms with Crippen LogP contribution in [0.3, 0.4) is 0 Å². The molecule has 588 valence electrons. The number of aliphatic hydroxyl groups excluding tert-OH is 8. The van der Waals surface area contributed by atoms with E-state index in [9.17, 15) is 65.3 Å². The fourth-order valence-electron chi connectivity index (χ4n) is 12.2. The zero-order chi connectivity index (χ0) is 77.0. The summed E-state index contributed by atoms with van der Waals surface area (Å²) < 4.78 is 55.1. The summed E-state index contributed by atoms with van der Waals surface area (Å²) >= 11 is 8.61. The highest BCUT2D eigenvalue weighted by Crippen LogP contribution is 2.52. The summed E-state index contributed by atoms with van der Waals surface area (Å²) in [5, 5.41) is 110. The molecule has 0 bridgehead atoms. The number of rotatable bonds is 51. The van der Waals surface area contributed by atoms with Crippen molar-refractivity contribution in [3.05, 3.63) is 35.9 Å². The minimum atomic E-state index is -1.87. The molecule has 2 fully saturated rings. The van der Waals surface area contributed by atoms with Crippen LogP contribution in [0.2, 0.25) is 0 Å². The highest BCUT2D eigenvalue weighted by molar-refractivity contribution is 8.25. The summed E-state index contributed by atoms with van der Waals surface area (Å²) in [6.07, 6.45) is -13.5. The average molecular weight is 1520 g/mol. The van der Waals surface area contributed by atoms with Crippen LogP contribution in [0.5, 0.6) is 0 Å². The fourth-order valence-corrected chi connectivity index (χ4v) is 14.4. The average Bonchev–Trinajstić information content (AvgIpc) is 0.762. The van der Waals surface area contributed by atoms with Crippen molar-refractivity contribution < 1.29 is 122 Å². The van der Waals surface area contributed by atoms with Crippen LogP contribution < -0.4 is 31.9 Å². The van der Waals surface area contributed by atoms with E-state index in [2.05, 4.69) is 38.0 Å². The number of carbonyl (C=O) groups is 7. The van der Waals surface area contributed by atoms with E-state index in [1.807, 2.05) is 6.26 Å². The summed E-state index contributed by atoms with van der Waals surface area (Å²) in [6.45, 7) is 11.6. The molecule has 2 heterocycles. The number of hydrogen-bond acceptors (Lipinski definition) is 29. The molecule has 103 heavy (non-hydrogen) atoms. The molecule has 0 aliphatic carbocycles. The highest BCUT2D eigenvalue weighted by Gasteiger charge is 2.55. The third-order valence-electron chi connectivity index (χ3n) is 17.0. The van der Waals surface area contributed by atoms with Crippen molar-refractivity contribution in [3.8, 4) is 6.07 Å². The smallest absolute Gasteiger partial charge is 0.305 e. The number of amides is 6. The van der Waals surface area contributed by atoms with Crippen molar-refractivity contribution >= 4 is 81.4 Å². The highest BCUT2D eigenvalue weighted by atomic mass is 32.2. The number of hydrogen-bond donors (Lipinski definition) is 14. The van der Waals surface area contributed by atoms with Crippen molar-refractivity contribution in [1.82, 2.24) is 31.9 Å². The predicted octanol–water partition coefficient (Wildman–Crippen LogP) is -1.12. The first kappa shape index (κ1) is 92.3. The monoisotopic (exact) mass is 1520 g/mol. The third kappa shape index (κ3) is 32.2. The van der Waals surface area contributed by atoms with Crippen LogP contribution in [-0.4, -0.2) is 302 Å². The first-order valence-electron chi connectivity index (χ1n) is 34.4. The molecular weight excluding hydrogens is 1410 g/mol. The third-order valence-corrected chi connectivity index (χ3v) is 19.3. The number of nitriles is 1. The Bertz CT molecular complexity index is 2810. The Labute approximate surface area is 617 Å². The van der Waals surface area contributed by atoms with Gasteiger partial charge in [-0.25, -0.2) is 0 Å². The van der Waals surface area contributed by atoms with Crippen LogP contribution in [0.15, 0.2) is 30.3 Å². The van der Waals surface area contributed by atoms with E-state index in [-0.39, 0.29) is 122 Å². The van der Waals surface area contributed by atoms with E-state index < -0.39 is 167 Å². The lowest BCUT2D eigenvalue weighted by molar-refractivity contribution is -0.272. The fraction of sp³-hybridized carbons (Fsp3) is 0.779. The molecule has 7 unspecified atom stereocenters. The van der Waals surface area contributed by atoms with Crippen LogP contribution in [-0.2, 0) is 80.9 Å². The molecule has 32 nitrogen and oxygen atoms in total. The van der Waals surface area contributed by atoms with Gasteiger partial charge < -0.3 is 120 Å². The Kier molecular flexibility index (Phi) is 42.2. The van der Waals surface area contributed by atoms with E-state index in [1.54, 1.807) is 55.9 Å². The number of ether oxygens (including phenoxy) is 10. The van der Waals surface area contributed by atoms with Gasteiger partial charge in [0.05, 0.1) is 125 Å². The van der Waals surface area contributed by atoms with Crippen LogP contribution in [0.4, 0.5) is 0 Å². The van der Waals surface area contributed by atoms with Crippen molar-refractivity contribution in [2.45, 2.75) is 179 Å². The Morgan fingerprint density at radius 3 is 1.42 bits per heavy atom. The van der Waals surface area contributed by atoms with Crippen LogP contribution in [0.25, 0.3) is 0 Å². The normalized spacial score (nSPS) is 24.0. The second-order valence-corrected chi connectivity index (χ2v) is 30.2. The predicted molar refractivity (Wildman–Crippen MR) is 381 cm³/mol. The lowest BCUT2D eigenvalue weighted by atomic mass is 9.59.